The van der Waals surface area contributed by atoms with Crippen molar-refractivity contribution >= 4 is 28.6 Å². The maximum atomic E-state index is 12.1. The SMILES string of the molecule is CN(C)c1nc(-c2ccccc2)c(/C=C/c2cc[n+](C)c(=O)n2C)s1.[O-][Cl+3]([O-])([O-])[O-]. The van der Waals surface area contributed by atoms with Crippen molar-refractivity contribution in [2.24, 2.45) is 14.1 Å². The van der Waals surface area contributed by atoms with E-state index in [9.17, 15) is 4.79 Å². The van der Waals surface area contributed by atoms with Crippen LogP contribution >= 0.6 is 11.3 Å². The predicted octanol–water partition coefficient (Wildman–Crippen LogP) is -2.19. The maximum Gasteiger partial charge on any atom is 0.497 e. The third kappa shape index (κ3) is 6.73. The Labute approximate surface area is 179 Å². The standard InChI is InChI=1S/C19H21N4OS.ClHO4/c1-21(2)18-20-17(14-8-6-5-7-9-14)16(25-18)11-10-15-12-13-22(3)19(24)23(15)4;2-1(3,4)5/h5-13H,1-4H3;(H,2,3,4,5)/q+1;/p-1. The normalized spacial score (nSPS) is 11.3. The maximum absolute atomic E-state index is 12.1. The molecule has 160 valence electrons. The summed E-state index contributed by atoms with van der Waals surface area (Å²) >= 11 is 1.63. The van der Waals surface area contributed by atoms with E-state index >= 15 is 0 Å². The molecule has 3 aromatic rings. The fourth-order valence-electron chi connectivity index (χ4n) is 2.47. The van der Waals surface area contributed by atoms with Crippen molar-refractivity contribution in [3.05, 3.63) is 63.7 Å². The molecule has 0 N–H and O–H groups in total. The minimum absolute atomic E-state index is 0.0521. The van der Waals surface area contributed by atoms with Gasteiger partial charge in [0.25, 0.3) is 0 Å². The molecule has 0 fully saturated rings. The zero-order valence-corrected chi connectivity index (χ0v) is 18.4. The molecule has 2 aromatic heterocycles. The number of anilines is 1. The van der Waals surface area contributed by atoms with E-state index in [1.807, 2.05) is 55.4 Å². The Kier molecular flexibility index (Phi) is 7.84. The topological polar surface area (TPSA) is 134 Å². The second-order valence-corrected chi connectivity index (χ2v) is 8.14. The molecule has 0 atom stereocenters. The van der Waals surface area contributed by atoms with Crippen LogP contribution in [0.4, 0.5) is 5.13 Å². The third-order valence-corrected chi connectivity index (χ3v) is 5.11. The largest absolute Gasteiger partial charge is 0.497 e. The molecule has 9 nitrogen and oxygen atoms in total. The fourth-order valence-corrected chi connectivity index (χ4v) is 3.38. The first kappa shape index (κ1) is 23.7. The number of thiazole rings is 1. The molecule has 0 unspecified atom stereocenters. The Hall–Kier alpha value is -2.60. The lowest BCUT2D eigenvalue weighted by Gasteiger charge is -2.17. The number of rotatable bonds is 4. The number of aromatic nitrogens is 3. The van der Waals surface area contributed by atoms with Crippen LogP contribution in [0, 0.1) is 10.2 Å². The van der Waals surface area contributed by atoms with Gasteiger partial charge in [-0.1, -0.05) is 41.7 Å². The summed E-state index contributed by atoms with van der Waals surface area (Å²) in [6.45, 7) is 0. The van der Waals surface area contributed by atoms with Crippen molar-refractivity contribution in [2.45, 2.75) is 0 Å². The van der Waals surface area contributed by atoms with Crippen molar-refractivity contribution in [1.29, 1.82) is 0 Å². The van der Waals surface area contributed by atoms with Gasteiger partial charge in [0.15, 0.2) is 5.13 Å². The van der Waals surface area contributed by atoms with Crippen molar-refractivity contribution < 1.29 is 33.4 Å². The number of halogens is 1. The third-order valence-electron chi connectivity index (χ3n) is 3.92. The molecule has 0 aliphatic heterocycles. The van der Waals surface area contributed by atoms with Crippen molar-refractivity contribution in [2.75, 3.05) is 19.0 Å². The summed E-state index contributed by atoms with van der Waals surface area (Å²) in [4.78, 5) is 19.9. The molecule has 0 aliphatic carbocycles. The smallest absolute Gasteiger partial charge is 0.354 e. The Morgan fingerprint density at radius 1 is 1.10 bits per heavy atom. The quantitative estimate of drug-likeness (QED) is 0.410. The van der Waals surface area contributed by atoms with Gasteiger partial charge in [-0.25, -0.2) is 28.2 Å². The van der Waals surface area contributed by atoms with Crippen molar-refractivity contribution in [3.63, 3.8) is 0 Å². The lowest BCUT2D eigenvalue weighted by molar-refractivity contribution is -2.00. The minimum Gasteiger partial charge on any atom is -0.354 e. The van der Waals surface area contributed by atoms with Gasteiger partial charge in [-0.2, -0.15) is 9.36 Å². The first-order valence-corrected chi connectivity index (χ1v) is 10.6. The number of hydrogen-bond donors (Lipinski definition) is 0. The van der Waals surface area contributed by atoms with Gasteiger partial charge in [0.2, 0.25) is 0 Å². The predicted molar refractivity (Wildman–Crippen MR) is 104 cm³/mol. The summed E-state index contributed by atoms with van der Waals surface area (Å²) in [6.07, 6.45) is 5.76. The average Bonchev–Trinajstić information content (AvgIpc) is 3.10. The number of hydrogen-bond acceptors (Lipinski definition) is 8. The molecule has 11 heteroatoms. The molecule has 0 bridgehead atoms. The van der Waals surface area contributed by atoms with Crippen molar-refractivity contribution in [1.82, 2.24) is 9.55 Å². The van der Waals surface area contributed by atoms with Crippen LogP contribution in [-0.2, 0) is 14.1 Å². The first-order chi connectivity index (χ1) is 14.0. The summed E-state index contributed by atoms with van der Waals surface area (Å²) < 4.78 is 37.2. The summed E-state index contributed by atoms with van der Waals surface area (Å²) in [5.74, 6) is 0. The van der Waals surface area contributed by atoms with Crippen LogP contribution in [0.3, 0.4) is 0 Å². The van der Waals surface area contributed by atoms with Crippen LogP contribution in [0.15, 0.2) is 47.4 Å². The molecular weight excluding hydrogens is 432 g/mol. The van der Waals surface area contributed by atoms with Gasteiger partial charge in [-0.05, 0) is 12.2 Å². The van der Waals surface area contributed by atoms with E-state index in [0.29, 0.717) is 0 Å². The number of nitrogens with zero attached hydrogens (tertiary/aromatic N) is 4. The molecule has 0 saturated carbocycles. The summed E-state index contributed by atoms with van der Waals surface area (Å²) in [7, 11) is 2.55. The first-order valence-electron chi connectivity index (χ1n) is 8.56. The van der Waals surface area contributed by atoms with Crippen molar-refractivity contribution in [3.8, 4) is 11.3 Å². The highest BCUT2D eigenvalue weighted by atomic mass is 35.7. The van der Waals surface area contributed by atoms with Gasteiger partial charge >= 0.3 is 5.69 Å². The van der Waals surface area contributed by atoms with Gasteiger partial charge in [0, 0.05) is 25.7 Å². The van der Waals surface area contributed by atoms with Crippen LogP contribution in [0.1, 0.15) is 10.6 Å². The Morgan fingerprint density at radius 3 is 2.27 bits per heavy atom. The molecule has 0 aliphatic rings. The van der Waals surface area contributed by atoms with E-state index in [2.05, 4.69) is 12.1 Å². The summed E-state index contributed by atoms with van der Waals surface area (Å²) in [5.41, 5.74) is 2.84. The van der Waals surface area contributed by atoms with E-state index in [0.717, 1.165) is 27.0 Å². The van der Waals surface area contributed by atoms with E-state index < -0.39 is 10.2 Å². The molecule has 0 saturated heterocycles. The van der Waals surface area contributed by atoms with E-state index in [4.69, 9.17) is 23.6 Å². The Morgan fingerprint density at radius 2 is 1.70 bits per heavy atom. The number of aryl methyl sites for hydroxylation is 1. The second kappa shape index (κ2) is 9.94. The van der Waals surface area contributed by atoms with Gasteiger partial charge in [-0.3, -0.25) is 0 Å². The highest BCUT2D eigenvalue weighted by Gasteiger charge is 2.13. The molecule has 1 aromatic carbocycles. The Bertz CT molecular complexity index is 1070. The number of benzene rings is 1. The average molecular weight is 453 g/mol. The highest BCUT2D eigenvalue weighted by Crippen LogP contribution is 2.33. The lowest BCUT2D eigenvalue weighted by Crippen LogP contribution is -2.68. The molecule has 2 heterocycles. The van der Waals surface area contributed by atoms with Gasteiger partial charge in [0.1, 0.15) is 5.69 Å². The summed E-state index contributed by atoms with van der Waals surface area (Å²) in [5, 5.41) is 0.951. The van der Waals surface area contributed by atoms with Crippen LogP contribution in [0.25, 0.3) is 23.4 Å². The molecule has 0 radical (unpaired) electrons. The zero-order chi connectivity index (χ0) is 22.5. The second-order valence-electron chi connectivity index (χ2n) is 6.37. The van der Waals surface area contributed by atoms with Crippen LogP contribution in [0.2, 0.25) is 0 Å². The Balaban J connectivity index is 0.000000575. The summed E-state index contributed by atoms with van der Waals surface area (Å²) in [6, 6.07) is 12.1. The fraction of sp³-hybridized carbons (Fsp3) is 0.211. The van der Waals surface area contributed by atoms with Crippen LogP contribution in [0.5, 0.6) is 0 Å². The van der Waals surface area contributed by atoms with Gasteiger partial charge < -0.3 is 4.90 Å². The molecule has 0 amide bonds. The molecule has 30 heavy (non-hydrogen) atoms. The van der Waals surface area contributed by atoms with Gasteiger partial charge in [-0.15, -0.1) is 10.2 Å². The monoisotopic (exact) mass is 452 g/mol. The molecular formula is C19H21ClN4O5S. The van der Waals surface area contributed by atoms with Crippen LogP contribution in [-0.4, -0.2) is 23.6 Å². The van der Waals surface area contributed by atoms with E-state index in [-0.39, 0.29) is 5.69 Å². The zero-order valence-electron chi connectivity index (χ0n) is 16.8. The molecule has 3 rings (SSSR count). The lowest BCUT2D eigenvalue weighted by atomic mass is 10.1. The van der Waals surface area contributed by atoms with E-state index in [1.165, 1.54) is 0 Å². The highest BCUT2D eigenvalue weighted by molar-refractivity contribution is 7.17. The molecule has 0 spiro atoms. The van der Waals surface area contributed by atoms with Crippen LogP contribution < -0.4 is 33.8 Å². The van der Waals surface area contributed by atoms with E-state index in [1.54, 1.807) is 40.8 Å². The minimum atomic E-state index is -4.94. The van der Waals surface area contributed by atoms with Gasteiger partial charge in [0.05, 0.1) is 30.9 Å².